The van der Waals surface area contributed by atoms with Crippen molar-refractivity contribution >= 4 is 39.5 Å². The van der Waals surface area contributed by atoms with Gasteiger partial charge in [0.25, 0.3) is 11.6 Å². The monoisotopic (exact) mass is 444 g/mol. The lowest BCUT2D eigenvalue weighted by Gasteiger charge is -2.26. The smallest absolute Gasteiger partial charge is 0.270 e. The summed E-state index contributed by atoms with van der Waals surface area (Å²) in [6.45, 7) is 1.77. The van der Waals surface area contributed by atoms with E-state index in [1.54, 1.807) is 23.5 Å². The van der Waals surface area contributed by atoms with Crippen molar-refractivity contribution in [1.82, 2.24) is 10.2 Å². The molecule has 3 aromatic rings. The largest absolute Gasteiger partial charge is 0.457 e. The number of likely N-dealkylation sites (N-methyl/N-ethyl adjacent to an activating group) is 1. The van der Waals surface area contributed by atoms with E-state index in [4.69, 9.17) is 16.0 Å². The van der Waals surface area contributed by atoms with Crippen molar-refractivity contribution in [1.29, 1.82) is 0 Å². The lowest BCUT2D eigenvalue weighted by atomic mass is 10.0. The van der Waals surface area contributed by atoms with Crippen LogP contribution in [0.2, 0.25) is 5.02 Å². The molecule has 0 spiro atoms. The van der Waals surface area contributed by atoms with Crippen LogP contribution in [0, 0.1) is 10.1 Å². The van der Waals surface area contributed by atoms with Gasteiger partial charge in [0.15, 0.2) is 6.17 Å². The van der Waals surface area contributed by atoms with Crippen LogP contribution in [0.25, 0.3) is 11.3 Å². The van der Waals surface area contributed by atoms with Gasteiger partial charge >= 0.3 is 0 Å². The van der Waals surface area contributed by atoms with Gasteiger partial charge < -0.3 is 20.0 Å². The van der Waals surface area contributed by atoms with Gasteiger partial charge in [-0.25, -0.2) is 0 Å². The molecule has 0 bridgehead atoms. The Labute approximate surface area is 180 Å². The van der Waals surface area contributed by atoms with E-state index >= 15 is 0 Å². The predicted octanol–water partition coefficient (Wildman–Crippen LogP) is 4.41. The number of nitro groups is 1. The minimum Gasteiger partial charge on any atom is -0.457 e. The van der Waals surface area contributed by atoms with Gasteiger partial charge in [-0.05, 0) is 37.2 Å². The summed E-state index contributed by atoms with van der Waals surface area (Å²) in [5, 5.41) is 18.6. The summed E-state index contributed by atoms with van der Waals surface area (Å²) in [5.41, 5.74) is 2.21. The maximum atomic E-state index is 12.8. The maximum Gasteiger partial charge on any atom is 0.270 e. The summed E-state index contributed by atoms with van der Waals surface area (Å²) in [6, 6.07) is 7.61. The highest BCUT2D eigenvalue weighted by Gasteiger charge is 2.34. The molecule has 1 aromatic carbocycles. The zero-order valence-electron chi connectivity index (χ0n) is 15.9. The number of thiophene rings is 1. The Kier molecular flexibility index (Phi) is 4.53. The van der Waals surface area contributed by atoms with Gasteiger partial charge in [0.1, 0.15) is 16.5 Å². The first-order chi connectivity index (χ1) is 14.4. The molecule has 5 rings (SSSR count). The summed E-state index contributed by atoms with van der Waals surface area (Å²) in [5.74, 6) is 0.768. The Bertz CT molecular complexity index is 1190. The summed E-state index contributed by atoms with van der Waals surface area (Å²) in [4.78, 5) is 26.9. The average Bonchev–Trinajstić information content (AvgIpc) is 3.32. The number of non-ortho nitro benzene ring substituents is 1. The molecule has 0 saturated carbocycles. The third-order valence-corrected chi connectivity index (χ3v) is 6.84. The fraction of sp³-hybridized carbons (Fsp3) is 0.250. The van der Waals surface area contributed by atoms with Gasteiger partial charge in [0.05, 0.1) is 15.5 Å². The molecule has 2 aromatic heterocycles. The van der Waals surface area contributed by atoms with Crippen LogP contribution in [-0.2, 0) is 13.0 Å². The molecular weight excluding hydrogens is 428 g/mol. The van der Waals surface area contributed by atoms with Crippen LogP contribution in [-0.4, -0.2) is 29.3 Å². The molecule has 2 aliphatic rings. The first kappa shape index (κ1) is 19.1. The van der Waals surface area contributed by atoms with E-state index in [1.807, 2.05) is 0 Å². The number of fused-ring (bicyclic) bond motifs is 3. The topological polar surface area (TPSA) is 101 Å². The van der Waals surface area contributed by atoms with Crippen molar-refractivity contribution in [3.63, 3.8) is 0 Å². The standard InChI is InChI=1S/C20H17ClN4O4S/c1-24-7-6-11-16(9-24)30-20-17(11)19(26)22-18(23-20)15-5-4-14(29-15)12-8-10(25(27)28)2-3-13(12)21/h2-5,8,18,23H,6-7,9H2,1H3,(H,22,26). The molecule has 0 saturated heterocycles. The van der Waals surface area contributed by atoms with Gasteiger partial charge in [-0.15, -0.1) is 11.3 Å². The molecule has 2 N–H and O–H groups in total. The molecular formula is C20H17ClN4O4S. The van der Waals surface area contributed by atoms with E-state index in [0.29, 0.717) is 22.1 Å². The lowest BCUT2D eigenvalue weighted by molar-refractivity contribution is -0.384. The van der Waals surface area contributed by atoms with E-state index in [-0.39, 0.29) is 11.6 Å². The Morgan fingerprint density at radius 1 is 1.30 bits per heavy atom. The van der Waals surface area contributed by atoms with Crippen molar-refractivity contribution in [3.8, 4) is 11.3 Å². The number of carbonyl (C=O) groups is 1. The molecule has 1 atom stereocenters. The van der Waals surface area contributed by atoms with E-state index in [2.05, 4.69) is 22.6 Å². The fourth-order valence-corrected chi connectivity index (χ4v) is 5.42. The van der Waals surface area contributed by atoms with Crippen LogP contribution in [0.3, 0.4) is 0 Å². The van der Waals surface area contributed by atoms with Crippen molar-refractivity contribution < 1.29 is 14.1 Å². The number of rotatable bonds is 3. The number of hydrogen-bond acceptors (Lipinski definition) is 7. The molecule has 1 unspecified atom stereocenters. The van der Waals surface area contributed by atoms with Crippen LogP contribution >= 0.6 is 22.9 Å². The molecule has 0 radical (unpaired) electrons. The summed E-state index contributed by atoms with van der Waals surface area (Å²) in [6.07, 6.45) is 0.321. The molecule has 0 fully saturated rings. The second-order valence-corrected chi connectivity index (χ2v) is 8.88. The van der Waals surface area contributed by atoms with Crippen molar-refractivity contribution in [2.45, 2.75) is 19.1 Å². The van der Waals surface area contributed by atoms with Crippen molar-refractivity contribution in [2.75, 3.05) is 18.9 Å². The van der Waals surface area contributed by atoms with E-state index < -0.39 is 11.1 Å². The summed E-state index contributed by atoms with van der Waals surface area (Å²) < 4.78 is 5.92. The number of amides is 1. The van der Waals surface area contributed by atoms with Crippen LogP contribution in [0.15, 0.2) is 34.7 Å². The number of nitrogens with zero attached hydrogens (tertiary/aromatic N) is 2. The number of hydrogen-bond donors (Lipinski definition) is 2. The summed E-state index contributed by atoms with van der Waals surface area (Å²) in [7, 11) is 2.07. The van der Waals surface area contributed by atoms with E-state index in [1.165, 1.54) is 23.1 Å². The minimum atomic E-state index is -0.533. The zero-order valence-corrected chi connectivity index (χ0v) is 17.5. The number of furan rings is 1. The molecule has 2 aliphatic heterocycles. The van der Waals surface area contributed by atoms with Gasteiger partial charge in [-0.3, -0.25) is 14.9 Å². The number of nitrogens with one attached hydrogen (secondary N) is 2. The Morgan fingerprint density at radius 2 is 2.13 bits per heavy atom. The molecule has 0 aliphatic carbocycles. The number of benzene rings is 1. The normalized spacial score (nSPS) is 18.3. The lowest BCUT2D eigenvalue weighted by Crippen LogP contribution is -2.38. The van der Waals surface area contributed by atoms with Crippen LogP contribution in [0.5, 0.6) is 0 Å². The van der Waals surface area contributed by atoms with Gasteiger partial charge in [-0.1, -0.05) is 11.6 Å². The van der Waals surface area contributed by atoms with Crippen LogP contribution < -0.4 is 10.6 Å². The van der Waals surface area contributed by atoms with Gasteiger partial charge in [0.2, 0.25) is 0 Å². The maximum absolute atomic E-state index is 12.8. The first-order valence-corrected chi connectivity index (χ1v) is 10.5. The highest BCUT2D eigenvalue weighted by atomic mass is 35.5. The Morgan fingerprint density at radius 3 is 2.93 bits per heavy atom. The Balaban J connectivity index is 1.45. The molecule has 154 valence electrons. The van der Waals surface area contributed by atoms with Crippen LogP contribution in [0.4, 0.5) is 10.7 Å². The highest BCUT2D eigenvalue weighted by Crippen LogP contribution is 2.41. The first-order valence-electron chi connectivity index (χ1n) is 9.35. The van der Waals surface area contributed by atoms with Gasteiger partial charge in [-0.2, -0.15) is 0 Å². The number of anilines is 1. The average molecular weight is 445 g/mol. The molecule has 4 heterocycles. The highest BCUT2D eigenvalue weighted by molar-refractivity contribution is 7.16. The van der Waals surface area contributed by atoms with Crippen molar-refractivity contribution in [3.05, 3.63) is 67.2 Å². The zero-order chi connectivity index (χ0) is 21.0. The number of carbonyl (C=O) groups excluding carboxylic acids is 1. The minimum absolute atomic E-state index is 0.0739. The predicted molar refractivity (Wildman–Crippen MR) is 114 cm³/mol. The van der Waals surface area contributed by atoms with Gasteiger partial charge in [0, 0.05) is 35.7 Å². The third-order valence-electron chi connectivity index (χ3n) is 5.36. The molecule has 10 heteroatoms. The SMILES string of the molecule is CN1CCc2c(sc3c2C(=O)NC(c2ccc(-c4cc([N+](=O)[O-])ccc4Cl)o2)N3)C1. The number of nitro benzene ring substituents is 1. The molecule has 8 nitrogen and oxygen atoms in total. The summed E-state index contributed by atoms with van der Waals surface area (Å²) >= 11 is 7.82. The molecule has 30 heavy (non-hydrogen) atoms. The second-order valence-electron chi connectivity index (χ2n) is 7.37. The third kappa shape index (κ3) is 3.15. The Hall–Kier alpha value is -2.88. The van der Waals surface area contributed by atoms with Crippen LogP contribution in [0.1, 0.15) is 32.7 Å². The van der Waals surface area contributed by atoms with Crippen molar-refractivity contribution in [2.24, 2.45) is 0 Å². The van der Waals surface area contributed by atoms with E-state index in [9.17, 15) is 14.9 Å². The molecule has 1 amide bonds. The van der Waals surface area contributed by atoms with E-state index in [0.717, 1.165) is 35.6 Å². The second kappa shape index (κ2) is 7.12. The number of halogens is 1. The fourth-order valence-electron chi connectivity index (χ4n) is 3.85. The quantitative estimate of drug-likeness (QED) is 0.458.